The molecule has 10 heavy (non-hydrogen) atoms. The summed E-state index contributed by atoms with van der Waals surface area (Å²) in [6.07, 6.45) is 9.48. The van der Waals surface area contributed by atoms with Crippen molar-refractivity contribution in [1.82, 2.24) is 0 Å². The Morgan fingerprint density at radius 3 is 3.00 bits per heavy atom. The van der Waals surface area contributed by atoms with Crippen molar-refractivity contribution < 1.29 is 0 Å². The van der Waals surface area contributed by atoms with Gasteiger partial charge < -0.3 is 0 Å². The highest BCUT2D eigenvalue weighted by atomic mass is 35.5. The van der Waals surface area contributed by atoms with E-state index in [1.165, 1.54) is 11.1 Å². The molecule has 0 unspecified atom stereocenters. The molecule has 0 saturated heterocycles. The highest BCUT2D eigenvalue weighted by Crippen LogP contribution is 2.10. The largest absolute Gasteiger partial charge is 0.122 e. The number of halogens is 1. The lowest BCUT2D eigenvalue weighted by Gasteiger charge is -1.87. The van der Waals surface area contributed by atoms with Gasteiger partial charge >= 0.3 is 0 Å². The van der Waals surface area contributed by atoms with E-state index in [1.54, 1.807) is 0 Å². The van der Waals surface area contributed by atoms with Crippen LogP contribution in [0.15, 0.2) is 35.5 Å². The molecule has 0 saturated carbocycles. The summed E-state index contributed by atoms with van der Waals surface area (Å²) in [5, 5.41) is 0. The van der Waals surface area contributed by atoms with Gasteiger partial charge in [-0.1, -0.05) is 29.9 Å². The Hall–Kier alpha value is -0.490. The van der Waals surface area contributed by atoms with E-state index in [4.69, 9.17) is 11.6 Å². The fourth-order valence-electron chi connectivity index (χ4n) is 0.858. The van der Waals surface area contributed by atoms with Crippen LogP contribution in [0.2, 0.25) is 0 Å². The third-order valence-electron chi connectivity index (χ3n) is 1.51. The van der Waals surface area contributed by atoms with Gasteiger partial charge in [-0.15, -0.1) is 11.6 Å². The lowest BCUT2D eigenvalue weighted by Crippen LogP contribution is -1.74. The molecule has 1 rings (SSSR count). The van der Waals surface area contributed by atoms with Gasteiger partial charge in [0.1, 0.15) is 0 Å². The Kier molecular flexibility index (Phi) is 2.76. The summed E-state index contributed by atoms with van der Waals surface area (Å²) in [6.45, 7) is 2.12. The molecule has 0 radical (unpaired) electrons. The van der Waals surface area contributed by atoms with Crippen molar-refractivity contribution >= 4 is 11.6 Å². The highest BCUT2D eigenvalue weighted by molar-refractivity contribution is 6.19. The molecule has 1 aliphatic carbocycles. The first-order valence-electron chi connectivity index (χ1n) is 3.42. The van der Waals surface area contributed by atoms with Crippen LogP contribution in [0.3, 0.4) is 0 Å². The van der Waals surface area contributed by atoms with E-state index >= 15 is 0 Å². The molecule has 0 heterocycles. The van der Waals surface area contributed by atoms with Crippen LogP contribution in [0.4, 0.5) is 0 Å². The van der Waals surface area contributed by atoms with Crippen molar-refractivity contribution in [2.45, 2.75) is 13.3 Å². The van der Waals surface area contributed by atoms with Crippen LogP contribution in [-0.2, 0) is 0 Å². The summed E-state index contributed by atoms with van der Waals surface area (Å²) < 4.78 is 0. The van der Waals surface area contributed by atoms with Crippen LogP contribution < -0.4 is 0 Å². The molecule has 54 valence electrons. The van der Waals surface area contributed by atoms with Gasteiger partial charge in [-0.2, -0.15) is 0 Å². The van der Waals surface area contributed by atoms with Crippen molar-refractivity contribution in [3.05, 3.63) is 35.5 Å². The lowest BCUT2D eigenvalue weighted by molar-refractivity contribution is 1.22. The lowest BCUT2D eigenvalue weighted by atomic mass is 10.2. The van der Waals surface area contributed by atoms with Gasteiger partial charge in [-0.05, 0) is 18.9 Å². The zero-order valence-corrected chi connectivity index (χ0v) is 6.86. The summed E-state index contributed by atoms with van der Waals surface area (Å²) in [7, 11) is 0. The number of hydrogen-bond acceptors (Lipinski definition) is 0. The molecule has 0 nitrogen and oxygen atoms in total. The molecule has 0 fully saturated rings. The Morgan fingerprint density at radius 2 is 2.30 bits per heavy atom. The molecule has 0 aliphatic heterocycles. The molecule has 0 aromatic rings. The molecule has 0 N–H and O–H groups in total. The molecule has 0 amide bonds. The molecular formula is C9H11Cl. The standard InChI is InChI=1S/C9H11Cl/c1-8-3-2-4-9(7-10)6-5-8/h2,4-6H,3,7H2,1H3. The average molecular weight is 155 g/mol. The van der Waals surface area contributed by atoms with E-state index in [0.717, 1.165) is 6.42 Å². The topological polar surface area (TPSA) is 0 Å². The first kappa shape index (κ1) is 7.62. The van der Waals surface area contributed by atoms with E-state index in [2.05, 4.69) is 31.2 Å². The minimum atomic E-state index is 0.611. The number of alkyl halides is 1. The SMILES string of the molecule is CC1=CC=C(CCl)C=CC1. The second-order valence-electron chi connectivity index (χ2n) is 2.49. The molecule has 0 bridgehead atoms. The Morgan fingerprint density at radius 1 is 1.50 bits per heavy atom. The van der Waals surface area contributed by atoms with Gasteiger partial charge in [-0.25, -0.2) is 0 Å². The van der Waals surface area contributed by atoms with Gasteiger partial charge in [0, 0.05) is 5.88 Å². The Bertz CT molecular complexity index is 197. The van der Waals surface area contributed by atoms with Crippen molar-refractivity contribution in [1.29, 1.82) is 0 Å². The maximum atomic E-state index is 5.65. The number of hydrogen-bond donors (Lipinski definition) is 0. The highest BCUT2D eigenvalue weighted by Gasteiger charge is 1.92. The maximum absolute atomic E-state index is 5.65. The van der Waals surface area contributed by atoms with Crippen molar-refractivity contribution in [2.24, 2.45) is 0 Å². The summed E-state index contributed by atoms with van der Waals surface area (Å²) in [5.41, 5.74) is 2.58. The maximum Gasteiger partial charge on any atom is 0.0473 e. The van der Waals surface area contributed by atoms with E-state index in [1.807, 2.05) is 0 Å². The summed E-state index contributed by atoms with van der Waals surface area (Å²) in [5.74, 6) is 0.611. The third kappa shape index (κ3) is 2.03. The zero-order chi connectivity index (χ0) is 7.40. The minimum Gasteiger partial charge on any atom is -0.122 e. The van der Waals surface area contributed by atoms with E-state index < -0.39 is 0 Å². The molecular weight excluding hydrogens is 144 g/mol. The molecule has 0 atom stereocenters. The predicted octanol–water partition coefficient (Wildman–Crippen LogP) is 3.06. The van der Waals surface area contributed by atoms with Crippen LogP contribution >= 0.6 is 11.6 Å². The normalized spacial score (nSPS) is 17.8. The van der Waals surface area contributed by atoms with Crippen molar-refractivity contribution in [2.75, 3.05) is 5.88 Å². The van der Waals surface area contributed by atoms with Crippen LogP contribution in [0, 0.1) is 0 Å². The van der Waals surface area contributed by atoms with E-state index in [9.17, 15) is 0 Å². The van der Waals surface area contributed by atoms with Gasteiger partial charge in [0.15, 0.2) is 0 Å². The molecule has 0 aromatic carbocycles. The second kappa shape index (κ2) is 3.62. The minimum absolute atomic E-state index is 0.611. The van der Waals surface area contributed by atoms with Crippen LogP contribution in [0.5, 0.6) is 0 Å². The Labute approximate surface area is 66.9 Å². The number of rotatable bonds is 1. The molecule has 0 spiro atoms. The third-order valence-corrected chi connectivity index (χ3v) is 1.82. The zero-order valence-electron chi connectivity index (χ0n) is 6.10. The quantitative estimate of drug-likeness (QED) is 0.510. The summed E-state index contributed by atoms with van der Waals surface area (Å²) in [4.78, 5) is 0. The van der Waals surface area contributed by atoms with Gasteiger partial charge in [0.25, 0.3) is 0 Å². The van der Waals surface area contributed by atoms with E-state index in [-0.39, 0.29) is 0 Å². The Balaban J connectivity index is 2.75. The smallest absolute Gasteiger partial charge is 0.0473 e. The molecule has 1 heteroatoms. The first-order chi connectivity index (χ1) is 4.83. The predicted molar refractivity (Wildman–Crippen MR) is 46.3 cm³/mol. The van der Waals surface area contributed by atoms with Crippen LogP contribution in [-0.4, -0.2) is 5.88 Å². The second-order valence-corrected chi connectivity index (χ2v) is 2.76. The van der Waals surface area contributed by atoms with Gasteiger partial charge in [0.05, 0.1) is 0 Å². The summed E-state index contributed by atoms with van der Waals surface area (Å²) in [6, 6.07) is 0. The fourth-order valence-corrected chi connectivity index (χ4v) is 1.04. The summed E-state index contributed by atoms with van der Waals surface area (Å²) >= 11 is 5.65. The van der Waals surface area contributed by atoms with Gasteiger partial charge in [-0.3, -0.25) is 0 Å². The fraction of sp³-hybridized carbons (Fsp3) is 0.333. The van der Waals surface area contributed by atoms with E-state index in [0.29, 0.717) is 5.88 Å². The van der Waals surface area contributed by atoms with Crippen LogP contribution in [0.1, 0.15) is 13.3 Å². The van der Waals surface area contributed by atoms with Crippen molar-refractivity contribution in [3.63, 3.8) is 0 Å². The molecule has 0 aromatic heterocycles. The average Bonchev–Trinajstić information content (AvgIpc) is 2.14. The monoisotopic (exact) mass is 154 g/mol. The first-order valence-corrected chi connectivity index (χ1v) is 3.95. The van der Waals surface area contributed by atoms with Gasteiger partial charge in [0.2, 0.25) is 0 Å². The molecule has 1 aliphatic rings. The number of allylic oxidation sites excluding steroid dienone is 6. The van der Waals surface area contributed by atoms with Crippen molar-refractivity contribution in [3.8, 4) is 0 Å². The van der Waals surface area contributed by atoms with Crippen LogP contribution in [0.25, 0.3) is 0 Å².